The molecule has 1 rings (SSSR count). The number of anilines is 1. The van der Waals surface area contributed by atoms with Gasteiger partial charge in [-0.15, -0.1) is 0 Å². The van der Waals surface area contributed by atoms with Gasteiger partial charge >= 0.3 is 6.09 Å². The number of rotatable bonds is 5. The van der Waals surface area contributed by atoms with Crippen LogP contribution in [0, 0.1) is 0 Å². The molecule has 0 aromatic heterocycles. The molecule has 0 radical (unpaired) electrons. The highest BCUT2D eigenvalue weighted by Gasteiger charge is 2.08. The highest BCUT2D eigenvalue weighted by atomic mass is 16.6. The molecule has 0 aliphatic heterocycles. The van der Waals surface area contributed by atoms with E-state index in [-0.39, 0.29) is 6.10 Å². The maximum Gasteiger partial charge on any atom is 0.412 e. The van der Waals surface area contributed by atoms with Crippen LogP contribution in [0.25, 0.3) is 0 Å². The first-order valence-corrected chi connectivity index (χ1v) is 5.42. The van der Waals surface area contributed by atoms with Gasteiger partial charge in [-0.2, -0.15) is 0 Å². The molecule has 0 aliphatic rings. The summed E-state index contributed by atoms with van der Waals surface area (Å²) in [6.45, 7) is 5.25. The predicted octanol–water partition coefficient (Wildman–Crippen LogP) is 2.83. The zero-order chi connectivity index (χ0) is 13.5. The van der Waals surface area contributed by atoms with Crippen molar-refractivity contribution in [2.45, 2.75) is 13.0 Å². The van der Waals surface area contributed by atoms with E-state index in [9.17, 15) is 4.79 Å². The third-order valence-electron chi connectivity index (χ3n) is 2.22. The molecule has 0 aliphatic carbocycles. The maximum absolute atomic E-state index is 11.5. The molecule has 0 saturated heterocycles. The molecule has 0 saturated carbocycles. The number of methoxy groups -OCH3 is 2. The number of hydrogen-bond donors (Lipinski definition) is 1. The van der Waals surface area contributed by atoms with Crippen molar-refractivity contribution in [2.24, 2.45) is 0 Å². The molecular weight excluding hydrogens is 234 g/mol. The summed E-state index contributed by atoms with van der Waals surface area (Å²) in [4.78, 5) is 11.5. The summed E-state index contributed by atoms with van der Waals surface area (Å²) < 4.78 is 15.2. The van der Waals surface area contributed by atoms with Crippen LogP contribution in [0.2, 0.25) is 0 Å². The molecule has 98 valence electrons. The second-order valence-electron chi connectivity index (χ2n) is 3.57. The van der Waals surface area contributed by atoms with Gasteiger partial charge in [-0.1, -0.05) is 12.7 Å². The molecule has 0 spiro atoms. The number of carbonyl (C=O) groups excluding carboxylic acids is 1. The van der Waals surface area contributed by atoms with Gasteiger partial charge < -0.3 is 14.2 Å². The first kappa shape index (κ1) is 13.9. The average molecular weight is 251 g/mol. The number of ether oxygens (including phenoxy) is 3. The largest absolute Gasteiger partial charge is 0.497 e. The Morgan fingerprint density at radius 2 is 1.83 bits per heavy atom. The van der Waals surface area contributed by atoms with Gasteiger partial charge in [0.1, 0.15) is 17.6 Å². The molecule has 1 atom stereocenters. The van der Waals surface area contributed by atoms with Crippen molar-refractivity contribution in [3.63, 3.8) is 0 Å². The lowest BCUT2D eigenvalue weighted by Gasteiger charge is -2.12. The van der Waals surface area contributed by atoms with Crippen LogP contribution in [-0.2, 0) is 4.74 Å². The standard InChI is InChI=1S/C13H17NO4/c1-5-9(2)18-13(15)14-10-6-11(16-3)8-12(7-10)17-4/h5-9H,1H2,2-4H3,(H,14,15). The molecule has 1 amide bonds. The lowest BCUT2D eigenvalue weighted by molar-refractivity contribution is 0.142. The summed E-state index contributed by atoms with van der Waals surface area (Å²) >= 11 is 0. The summed E-state index contributed by atoms with van der Waals surface area (Å²) in [6.07, 6.45) is 0.626. The van der Waals surface area contributed by atoms with Crippen LogP contribution in [0.1, 0.15) is 6.92 Å². The molecular formula is C13H17NO4. The molecule has 1 aromatic rings. The highest BCUT2D eigenvalue weighted by Crippen LogP contribution is 2.25. The van der Waals surface area contributed by atoms with Crippen molar-refractivity contribution in [3.8, 4) is 11.5 Å². The number of hydrogen-bond acceptors (Lipinski definition) is 4. The SMILES string of the molecule is C=CC(C)OC(=O)Nc1cc(OC)cc(OC)c1. The number of carbonyl (C=O) groups is 1. The van der Waals surface area contributed by atoms with Crippen molar-refractivity contribution >= 4 is 11.8 Å². The number of benzene rings is 1. The van der Waals surface area contributed by atoms with Crippen molar-refractivity contribution in [2.75, 3.05) is 19.5 Å². The first-order chi connectivity index (χ1) is 8.58. The minimum Gasteiger partial charge on any atom is -0.497 e. The smallest absolute Gasteiger partial charge is 0.412 e. The van der Waals surface area contributed by atoms with Crippen LogP contribution in [0.3, 0.4) is 0 Å². The molecule has 18 heavy (non-hydrogen) atoms. The zero-order valence-corrected chi connectivity index (χ0v) is 10.7. The van der Waals surface area contributed by atoms with Crippen LogP contribution in [0.4, 0.5) is 10.5 Å². The molecule has 0 fully saturated rings. The second kappa shape index (κ2) is 6.54. The normalized spacial score (nSPS) is 11.3. The van der Waals surface area contributed by atoms with Crippen LogP contribution >= 0.6 is 0 Å². The third kappa shape index (κ3) is 4.01. The van der Waals surface area contributed by atoms with Crippen molar-refractivity contribution in [1.82, 2.24) is 0 Å². The molecule has 5 heteroatoms. The highest BCUT2D eigenvalue weighted by molar-refractivity contribution is 5.85. The van der Waals surface area contributed by atoms with Crippen LogP contribution < -0.4 is 14.8 Å². The van der Waals surface area contributed by atoms with Crippen molar-refractivity contribution in [1.29, 1.82) is 0 Å². The Hall–Kier alpha value is -2.17. The van der Waals surface area contributed by atoms with E-state index in [2.05, 4.69) is 11.9 Å². The molecule has 1 N–H and O–H groups in total. The Bertz CT molecular complexity index is 409. The van der Waals surface area contributed by atoms with Gasteiger partial charge in [0.15, 0.2) is 0 Å². The lowest BCUT2D eigenvalue weighted by atomic mass is 10.3. The summed E-state index contributed by atoms with van der Waals surface area (Å²) in [5, 5.41) is 2.59. The van der Waals surface area contributed by atoms with Crippen LogP contribution in [-0.4, -0.2) is 26.4 Å². The quantitative estimate of drug-likeness (QED) is 0.817. The monoisotopic (exact) mass is 251 g/mol. The summed E-state index contributed by atoms with van der Waals surface area (Å²) in [6, 6.07) is 5.05. The van der Waals surface area contributed by atoms with Crippen LogP contribution in [0.15, 0.2) is 30.9 Å². The van der Waals surface area contributed by atoms with E-state index in [4.69, 9.17) is 14.2 Å². The average Bonchev–Trinajstić information content (AvgIpc) is 2.37. The Labute approximate surface area is 106 Å². The Balaban J connectivity index is 2.77. The van der Waals surface area contributed by atoms with Gasteiger partial charge in [0.05, 0.1) is 19.9 Å². The summed E-state index contributed by atoms with van der Waals surface area (Å²) in [5.74, 6) is 1.17. The van der Waals surface area contributed by atoms with Gasteiger partial charge in [-0.05, 0) is 6.92 Å². The molecule has 0 bridgehead atoms. The first-order valence-electron chi connectivity index (χ1n) is 5.42. The predicted molar refractivity (Wildman–Crippen MR) is 69.3 cm³/mol. The van der Waals surface area contributed by atoms with E-state index >= 15 is 0 Å². The van der Waals surface area contributed by atoms with Gasteiger partial charge in [0.25, 0.3) is 0 Å². The third-order valence-corrected chi connectivity index (χ3v) is 2.22. The maximum atomic E-state index is 11.5. The fourth-order valence-electron chi connectivity index (χ4n) is 1.24. The minimum atomic E-state index is -0.558. The summed E-state index contributed by atoms with van der Waals surface area (Å²) in [5.41, 5.74) is 0.535. The molecule has 0 heterocycles. The van der Waals surface area contributed by atoms with Gasteiger partial charge in [-0.3, -0.25) is 5.32 Å². The number of nitrogens with one attached hydrogen (secondary N) is 1. The zero-order valence-electron chi connectivity index (χ0n) is 10.7. The fraction of sp³-hybridized carbons (Fsp3) is 0.308. The van der Waals surface area contributed by atoms with Crippen molar-refractivity contribution < 1.29 is 19.0 Å². The van der Waals surface area contributed by atoms with E-state index in [0.717, 1.165) is 0 Å². The number of amides is 1. The second-order valence-corrected chi connectivity index (χ2v) is 3.57. The van der Waals surface area contributed by atoms with Crippen LogP contribution in [0.5, 0.6) is 11.5 Å². The molecule has 5 nitrogen and oxygen atoms in total. The minimum absolute atomic E-state index is 0.350. The topological polar surface area (TPSA) is 56.8 Å². The van der Waals surface area contributed by atoms with E-state index in [1.54, 1.807) is 25.1 Å². The Morgan fingerprint density at radius 3 is 2.28 bits per heavy atom. The molecule has 1 unspecified atom stereocenters. The molecule has 1 aromatic carbocycles. The van der Waals surface area contributed by atoms with E-state index in [0.29, 0.717) is 17.2 Å². The Morgan fingerprint density at radius 1 is 1.28 bits per heavy atom. The van der Waals surface area contributed by atoms with E-state index in [1.165, 1.54) is 20.3 Å². The van der Waals surface area contributed by atoms with Gasteiger partial charge in [0, 0.05) is 18.2 Å². The van der Waals surface area contributed by atoms with E-state index in [1.807, 2.05) is 0 Å². The summed E-state index contributed by atoms with van der Waals surface area (Å²) in [7, 11) is 3.08. The van der Waals surface area contributed by atoms with Crippen molar-refractivity contribution in [3.05, 3.63) is 30.9 Å². The fourth-order valence-corrected chi connectivity index (χ4v) is 1.24. The van der Waals surface area contributed by atoms with Gasteiger partial charge in [-0.25, -0.2) is 4.79 Å². The lowest BCUT2D eigenvalue weighted by Crippen LogP contribution is -2.18. The van der Waals surface area contributed by atoms with Gasteiger partial charge in [0.2, 0.25) is 0 Å². The van der Waals surface area contributed by atoms with E-state index < -0.39 is 6.09 Å². The Kier molecular flexibility index (Phi) is 5.05.